The van der Waals surface area contributed by atoms with Crippen molar-refractivity contribution in [1.29, 1.82) is 0 Å². The highest BCUT2D eigenvalue weighted by Crippen LogP contribution is 2.36. The summed E-state index contributed by atoms with van der Waals surface area (Å²) in [7, 11) is 0. The second-order valence-corrected chi connectivity index (χ2v) is 12.8. The molecule has 2 aromatic rings. The van der Waals surface area contributed by atoms with E-state index in [0.717, 1.165) is 29.6 Å². The fraction of sp³-hybridized carbons (Fsp3) is 0.621. The summed E-state index contributed by atoms with van der Waals surface area (Å²) in [5.74, 6) is 0.108. The van der Waals surface area contributed by atoms with Crippen molar-refractivity contribution in [1.82, 2.24) is 14.8 Å². The van der Waals surface area contributed by atoms with E-state index in [1.165, 1.54) is 18.4 Å². The second kappa shape index (κ2) is 9.24. The Balaban J connectivity index is 1.64. The predicted octanol–water partition coefficient (Wildman–Crippen LogP) is 6.55. The molecule has 2 aliphatic rings. The van der Waals surface area contributed by atoms with E-state index in [2.05, 4.69) is 32.9 Å². The fourth-order valence-corrected chi connectivity index (χ4v) is 5.07. The van der Waals surface area contributed by atoms with E-state index in [1.54, 1.807) is 15.9 Å². The number of carbonyl (C=O) groups excluding carboxylic acids is 2. The van der Waals surface area contributed by atoms with Crippen LogP contribution in [0.4, 0.5) is 4.79 Å². The lowest BCUT2D eigenvalue weighted by Gasteiger charge is -2.46. The summed E-state index contributed by atoms with van der Waals surface area (Å²) in [6, 6.07) is 3.93. The number of pyridine rings is 1. The summed E-state index contributed by atoms with van der Waals surface area (Å²) in [5.41, 5.74) is 3.41. The van der Waals surface area contributed by atoms with Crippen LogP contribution in [-0.4, -0.2) is 57.6 Å². The highest BCUT2D eigenvalue weighted by Gasteiger charge is 2.41. The Hall–Kier alpha value is -2.83. The third-order valence-corrected chi connectivity index (χ3v) is 6.92. The number of allylic oxidation sites excluding steroid dienone is 2. The third-order valence-electron chi connectivity index (χ3n) is 6.92. The highest BCUT2D eigenvalue weighted by molar-refractivity contribution is 5.97. The first-order valence-electron chi connectivity index (χ1n) is 13.1. The molecule has 7 nitrogen and oxygen atoms in total. The number of rotatable bonds is 2. The zero-order valence-corrected chi connectivity index (χ0v) is 23.2. The van der Waals surface area contributed by atoms with Crippen molar-refractivity contribution in [2.24, 2.45) is 0 Å². The van der Waals surface area contributed by atoms with Gasteiger partial charge in [-0.25, -0.2) is 9.78 Å². The minimum Gasteiger partial charge on any atom is -0.449 e. The van der Waals surface area contributed by atoms with Gasteiger partial charge in [-0.15, -0.1) is 0 Å². The SMILES string of the molecule is CC(C)(C)OC(=O)N1CCN(C(=O)c2cc3nc(C4=CCCCC4)cc(C(C)(C)C)c3o2)C(C)(C)C1. The zero-order chi connectivity index (χ0) is 26.5. The van der Waals surface area contributed by atoms with Gasteiger partial charge in [-0.3, -0.25) is 4.79 Å². The number of piperazine rings is 1. The molecule has 0 atom stereocenters. The van der Waals surface area contributed by atoms with Crippen LogP contribution in [0.1, 0.15) is 103 Å². The van der Waals surface area contributed by atoms with Crippen molar-refractivity contribution in [3.8, 4) is 0 Å². The first-order chi connectivity index (χ1) is 16.7. The number of carbonyl (C=O) groups is 2. The number of amides is 2. The quantitative estimate of drug-likeness (QED) is 0.472. The lowest BCUT2D eigenvalue weighted by atomic mass is 9.85. The van der Waals surface area contributed by atoms with E-state index in [4.69, 9.17) is 14.1 Å². The standard InChI is InChI=1S/C29H41N3O4/c1-27(2,3)20-16-21(19-12-10-9-11-13-19)30-22-17-23(35-24(20)22)25(33)32-15-14-31(18-29(32,7)8)26(34)36-28(4,5)6/h12,16-17H,9-11,13-15,18H2,1-8H3. The minimum absolute atomic E-state index is 0.165. The van der Waals surface area contributed by atoms with E-state index in [0.29, 0.717) is 25.2 Å². The van der Waals surface area contributed by atoms with E-state index in [9.17, 15) is 9.59 Å². The van der Waals surface area contributed by atoms with Crippen molar-refractivity contribution in [2.45, 2.75) is 97.6 Å². The molecule has 0 unspecified atom stereocenters. The number of fused-ring (bicyclic) bond motifs is 1. The molecule has 0 bridgehead atoms. The van der Waals surface area contributed by atoms with Crippen LogP contribution < -0.4 is 0 Å². The van der Waals surface area contributed by atoms with Gasteiger partial charge < -0.3 is 19.0 Å². The predicted molar refractivity (Wildman–Crippen MR) is 142 cm³/mol. The molecule has 0 saturated carbocycles. The first kappa shape index (κ1) is 26.2. The molecule has 0 spiro atoms. The Morgan fingerprint density at radius 1 is 1.06 bits per heavy atom. The number of hydrogen-bond donors (Lipinski definition) is 0. The van der Waals surface area contributed by atoms with Gasteiger partial charge in [0.2, 0.25) is 0 Å². The maximum atomic E-state index is 13.7. The molecule has 1 aliphatic heterocycles. The van der Waals surface area contributed by atoms with E-state index < -0.39 is 11.1 Å². The molecule has 4 rings (SSSR count). The molecule has 2 aromatic heterocycles. The van der Waals surface area contributed by atoms with Crippen LogP contribution in [0.2, 0.25) is 0 Å². The summed E-state index contributed by atoms with van der Waals surface area (Å²) in [6.07, 6.45) is 6.45. The van der Waals surface area contributed by atoms with E-state index in [-0.39, 0.29) is 23.2 Å². The van der Waals surface area contributed by atoms with Gasteiger partial charge in [-0.05, 0) is 77.4 Å². The zero-order valence-electron chi connectivity index (χ0n) is 23.2. The van der Waals surface area contributed by atoms with E-state index >= 15 is 0 Å². The second-order valence-electron chi connectivity index (χ2n) is 12.8. The third kappa shape index (κ3) is 5.45. The van der Waals surface area contributed by atoms with Crippen LogP contribution in [0.15, 0.2) is 22.6 Å². The minimum atomic E-state index is -0.580. The van der Waals surface area contributed by atoms with Crippen LogP contribution in [0, 0.1) is 0 Å². The molecule has 2 amide bonds. The molecule has 0 aromatic carbocycles. The fourth-order valence-electron chi connectivity index (χ4n) is 5.07. The molecule has 36 heavy (non-hydrogen) atoms. The van der Waals surface area contributed by atoms with Crippen LogP contribution >= 0.6 is 0 Å². The molecule has 1 aliphatic carbocycles. The van der Waals surface area contributed by atoms with Gasteiger partial charge in [-0.2, -0.15) is 0 Å². The van der Waals surface area contributed by atoms with Crippen LogP contribution in [0.3, 0.4) is 0 Å². The van der Waals surface area contributed by atoms with Gasteiger partial charge in [0.05, 0.1) is 11.2 Å². The largest absolute Gasteiger partial charge is 0.449 e. The van der Waals surface area contributed by atoms with Gasteiger partial charge in [0, 0.05) is 31.3 Å². The van der Waals surface area contributed by atoms with Gasteiger partial charge >= 0.3 is 6.09 Å². The normalized spacial score (nSPS) is 18.8. The number of furan rings is 1. The van der Waals surface area contributed by atoms with Crippen molar-refractivity contribution in [3.63, 3.8) is 0 Å². The molecular formula is C29H41N3O4. The average Bonchev–Trinajstić information content (AvgIpc) is 3.20. The van der Waals surface area contributed by atoms with Crippen molar-refractivity contribution in [3.05, 3.63) is 35.2 Å². The Morgan fingerprint density at radius 3 is 2.36 bits per heavy atom. The highest BCUT2D eigenvalue weighted by atomic mass is 16.6. The summed E-state index contributed by atoms with van der Waals surface area (Å²) in [5, 5.41) is 0. The number of aromatic nitrogens is 1. The van der Waals surface area contributed by atoms with Gasteiger partial charge in [0.1, 0.15) is 11.1 Å². The summed E-state index contributed by atoms with van der Waals surface area (Å²) in [4.78, 5) is 34.7. The summed E-state index contributed by atoms with van der Waals surface area (Å²) < 4.78 is 11.8. The molecule has 3 heterocycles. The van der Waals surface area contributed by atoms with Gasteiger partial charge in [0.15, 0.2) is 11.3 Å². The first-order valence-corrected chi connectivity index (χ1v) is 13.1. The van der Waals surface area contributed by atoms with Crippen molar-refractivity contribution < 1.29 is 18.7 Å². The molecule has 0 radical (unpaired) electrons. The van der Waals surface area contributed by atoms with Gasteiger partial charge in [-0.1, -0.05) is 26.8 Å². The van der Waals surface area contributed by atoms with Crippen molar-refractivity contribution >= 4 is 28.7 Å². The Morgan fingerprint density at radius 2 is 1.78 bits per heavy atom. The Bertz CT molecular complexity index is 1190. The lowest BCUT2D eigenvalue weighted by Crippen LogP contribution is -2.62. The molecule has 196 valence electrons. The number of hydrogen-bond acceptors (Lipinski definition) is 5. The number of ether oxygens (including phenoxy) is 1. The van der Waals surface area contributed by atoms with E-state index in [1.807, 2.05) is 34.6 Å². The lowest BCUT2D eigenvalue weighted by molar-refractivity contribution is -0.0117. The summed E-state index contributed by atoms with van der Waals surface area (Å²) >= 11 is 0. The maximum absolute atomic E-state index is 13.7. The monoisotopic (exact) mass is 495 g/mol. The number of nitrogens with zero attached hydrogens (tertiary/aromatic N) is 3. The molecular weight excluding hydrogens is 454 g/mol. The van der Waals surface area contributed by atoms with Crippen molar-refractivity contribution in [2.75, 3.05) is 19.6 Å². The molecule has 1 saturated heterocycles. The van der Waals surface area contributed by atoms with Gasteiger partial charge in [0.25, 0.3) is 5.91 Å². The average molecular weight is 496 g/mol. The van der Waals surface area contributed by atoms with Crippen LogP contribution in [0.5, 0.6) is 0 Å². The van der Waals surface area contributed by atoms with Crippen LogP contribution in [0.25, 0.3) is 16.7 Å². The smallest absolute Gasteiger partial charge is 0.410 e. The molecule has 0 N–H and O–H groups in total. The Labute approximate surface area is 214 Å². The van der Waals surface area contributed by atoms with Crippen LogP contribution in [-0.2, 0) is 10.2 Å². The molecule has 1 fully saturated rings. The maximum Gasteiger partial charge on any atom is 0.410 e. The summed E-state index contributed by atoms with van der Waals surface area (Å²) in [6.45, 7) is 17.2. The Kier molecular flexibility index (Phi) is 6.73. The topological polar surface area (TPSA) is 75.9 Å². The molecule has 7 heteroatoms.